The maximum atomic E-state index is 13.0. The number of amides is 1. The van der Waals surface area contributed by atoms with Gasteiger partial charge in [-0.25, -0.2) is 16.8 Å². The lowest BCUT2D eigenvalue weighted by molar-refractivity contribution is 0.0997. The number of rotatable bonds is 7. The molecule has 0 aliphatic heterocycles. The van der Waals surface area contributed by atoms with Gasteiger partial charge in [-0.3, -0.25) is 9.10 Å². The Balaban J connectivity index is 1.68. The highest BCUT2D eigenvalue weighted by Crippen LogP contribution is 2.24. The highest BCUT2D eigenvalue weighted by molar-refractivity contribution is 7.92. The molecule has 1 aromatic heterocycles. The fourth-order valence-corrected chi connectivity index (χ4v) is 6.68. The van der Waals surface area contributed by atoms with Gasteiger partial charge in [0, 0.05) is 25.4 Å². The molecule has 0 spiro atoms. The second kappa shape index (κ2) is 10.00. The molecule has 3 aromatic carbocycles. The van der Waals surface area contributed by atoms with Crippen LogP contribution in [0.15, 0.2) is 87.6 Å². The standard InChI is InChI=1S/C25H25N3O5S3/c1-4-16-28-22-15-14-21(35(3,30)31)17-23(22)34-25(28)26-24(29)18-10-12-20(13-11-18)36(32,33)27(2)19-8-6-5-7-9-19/h5-15,17H,4,16H2,1-3H3. The van der Waals surface area contributed by atoms with Crippen LogP contribution in [0.3, 0.4) is 0 Å². The fourth-order valence-electron chi connectivity index (χ4n) is 3.66. The Morgan fingerprint density at radius 2 is 1.58 bits per heavy atom. The molecule has 0 bridgehead atoms. The molecule has 11 heteroatoms. The van der Waals surface area contributed by atoms with Crippen molar-refractivity contribution in [3.63, 3.8) is 0 Å². The maximum Gasteiger partial charge on any atom is 0.279 e. The Kier molecular flexibility index (Phi) is 7.17. The van der Waals surface area contributed by atoms with Crippen molar-refractivity contribution in [1.82, 2.24) is 4.57 Å². The molecule has 0 aliphatic carbocycles. The van der Waals surface area contributed by atoms with Crippen molar-refractivity contribution in [3.05, 3.63) is 83.2 Å². The summed E-state index contributed by atoms with van der Waals surface area (Å²) < 4.78 is 53.7. The van der Waals surface area contributed by atoms with E-state index < -0.39 is 25.8 Å². The molecule has 4 aromatic rings. The predicted molar refractivity (Wildman–Crippen MR) is 142 cm³/mol. The number of aryl methyl sites for hydroxylation is 1. The van der Waals surface area contributed by atoms with Crippen molar-refractivity contribution in [1.29, 1.82) is 0 Å². The molecule has 36 heavy (non-hydrogen) atoms. The van der Waals surface area contributed by atoms with Gasteiger partial charge < -0.3 is 4.57 Å². The number of hydrogen-bond acceptors (Lipinski definition) is 6. The summed E-state index contributed by atoms with van der Waals surface area (Å²) in [5, 5.41) is 0. The van der Waals surface area contributed by atoms with Crippen molar-refractivity contribution in [3.8, 4) is 0 Å². The Bertz CT molecular complexity index is 1700. The first kappa shape index (κ1) is 25.8. The molecule has 0 fully saturated rings. The predicted octanol–water partition coefficient (Wildman–Crippen LogP) is 4.08. The molecular formula is C25H25N3O5S3. The summed E-state index contributed by atoms with van der Waals surface area (Å²) in [6.45, 7) is 2.60. The van der Waals surface area contributed by atoms with Gasteiger partial charge in [0.05, 0.1) is 25.7 Å². The number of sulfonamides is 1. The van der Waals surface area contributed by atoms with Crippen LogP contribution in [-0.2, 0) is 26.4 Å². The number of fused-ring (bicyclic) bond motifs is 1. The number of sulfone groups is 1. The first-order chi connectivity index (χ1) is 17.0. The van der Waals surface area contributed by atoms with Gasteiger partial charge in [-0.2, -0.15) is 4.99 Å². The van der Waals surface area contributed by atoms with E-state index in [1.807, 2.05) is 11.5 Å². The van der Waals surface area contributed by atoms with Crippen molar-refractivity contribution in [2.75, 3.05) is 17.6 Å². The van der Waals surface area contributed by atoms with Crippen LogP contribution in [-0.4, -0.2) is 40.6 Å². The molecule has 0 atom stereocenters. The summed E-state index contributed by atoms with van der Waals surface area (Å²) in [7, 11) is -5.70. The van der Waals surface area contributed by atoms with E-state index in [4.69, 9.17) is 0 Å². The van der Waals surface area contributed by atoms with Crippen molar-refractivity contribution in [2.45, 2.75) is 29.7 Å². The van der Waals surface area contributed by atoms with Gasteiger partial charge in [-0.1, -0.05) is 36.5 Å². The van der Waals surface area contributed by atoms with Gasteiger partial charge >= 0.3 is 0 Å². The highest BCUT2D eigenvalue weighted by atomic mass is 32.2. The van der Waals surface area contributed by atoms with Crippen LogP contribution in [0.4, 0.5) is 5.69 Å². The van der Waals surface area contributed by atoms with Crippen molar-refractivity contribution in [2.24, 2.45) is 4.99 Å². The number of carbonyl (C=O) groups excluding carboxylic acids is 1. The summed E-state index contributed by atoms with van der Waals surface area (Å²) in [5.41, 5.74) is 1.57. The van der Waals surface area contributed by atoms with Crippen LogP contribution < -0.4 is 9.11 Å². The molecule has 0 unspecified atom stereocenters. The van der Waals surface area contributed by atoms with E-state index in [0.717, 1.165) is 18.2 Å². The van der Waals surface area contributed by atoms with Gasteiger partial charge in [0.15, 0.2) is 14.6 Å². The number of aromatic nitrogens is 1. The summed E-state index contributed by atoms with van der Waals surface area (Å²) in [6.07, 6.45) is 1.95. The average Bonchev–Trinajstić information content (AvgIpc) is 3.20. The minimum Gasteiger partial charge on any atom is -0.316 e. The number of anilines is 1. The van der Waals surface area contributed by atoms with E-state index in [2.05, 4.69) is 4.99 Å². The zero-order valence-electron chi connectivity index (χ0n) is 20.0. The molecular weight excluding hydrogens is 518 g/mol. The molecule has 188 valence electrons. The third-order valence-corrected chi connectivity index (χ3v) is 9.56. The number of para-hydroxylation sites is 1. The van der Waals surface area contributed by atoms with E-state index in [9.17, 15) is 21.6 Å². The number of carbonyl (C=O) groups is 1. The van der Waals surface area contributed by atoms with Crippen LogP contribution >= 0.6 is 11.3 Å². The Morgan fingerprint density at radius 1 is 0.944 bits per heavy atom. The summed E-state index contributed by atoms with van der Waals surface area (Å²) >= 11 is 1.23. The Morgan fingerprint density at radius 3 is 2.19 bits per heavy atom. The van der Waals surface area contributed by atoms with E-state index in [0.29, 0.717) is 21.7 Å². The molecule has 0 N–H and O–H groups in total. The first-order valence-electron chi connectivity index (χ1n) is 11.1. The number of thiazole rings is 1. The fraction of sp³-hybridized carbons (Fsp3) is 0.200. The first-order valence-corrected chi connectivity index (χ1v) is 15.2. The van der Waals surface area contributed by atoms with Crippen molar-refractivity contribution >= 4 is 53.0 Å². The minimum absolute atomic E-state index is 0.0571. The van der Waals surface area contributed by atoms with E-state index in [1.165, 1.54) is 47.0 Å². The maximum absolute atomic E-state index is 13.0. The lowest BCUT2D eigenvalue weighted by atomic mass is 10.2. The van der Waals surface area contributed by atoms with Crippen LogP contribution in [0.5, 0.6) is 0 Å². The molecule has 4 rings (SSSR count). The smallest absolute Gasteiger partial charge is 0.279 e. The Labute approximate surface area is 214 Å². The Hall–Kier alpha value is -3.28. The van der Waals surface area contributed by atoms with Gasteiger partial charge in [-0.05, 0) is 61.0 Å². The normalized spacial score (nSPS) is 12.7. The zero-order valence-corrected chi connectivity index (χ0v) is 22.4. The van der Waals surface area contributed by atoms with Crippen molar-refractivity contribution < 1.29 is 21.6 Å². The van der Waals surface area contributed by atoms with Gasteiger partial charge in [-0.15, -0.1) is 0 Å². The molecule has 8 nitrogen and oxygen atoms in total. The van der Waals surface area contributed by atoms with Crippen LogP contribution in [0.25, 0.3) is 10.2 Å². The summed E-state index contributed by atoms with van der Waals surface area (Å²) in [5.74, 6) is -0.518. The van der Waals surface area contributed by atoms with Crippen LogP contribution in [0.1, 0.15) is 23.7 Å². The lowest BCUT2D eigenvalue weighted by Crippen LogP contribution is -2.26. The molecule has 1 amide bonds. The lowest BCUT2D eigenvalue weighted by Gasteiger charge is -2.19. The summed E-state index contributed by atoms with van der Waals surface area (Å²) in [4.78, 5) is 18.0. The molecule has 0 saturated carbocycles. The van der Waals surface area contributed by atoms with Gasteiger partial charge in [0.2, 0.25) is 0 Å². The molecule has 0 saturated heterocycles. The zero-order chi connectivity index (χ0) is 26.1. The summed E-state index contributed by atoms with van der Waals surface area (Å²) in [6, 6.07) is 19.2. The highest BCUT2D eigenvalue weighted by Gasteiger charge is 2.21. The number of nitrogens with zero attached hydrogens (tertiary/aromatic N) is 3. The van der Waals surface area contributed by atoms with E-state index in [1.54, 1.807) is 48.5 Å². The second-order valence-electron chi connectivity index (χ2n) is 8.19. The second-order valence-corrected chi connectivity index (χ2v) is 13.2. The minimum atomic E-state index is -3.80. The van der Waals surface area contributed by atoms with Gasteiger partial charge in [0.25, 0.3) is 15.9 Å². The number of benzene rings is 3. The SMILES string of the molecule is CCCn1c(=NC(=O)c2ccc(S(=O)(=O)N(C)c3ccccc3)cc2)sc2cc(S(C)(=O)=O)ccc21. The topological polar surface area (TPSA) is 106 Å². The van der Waals surface area contributed by atoms with Crippen LogP contribution in [0.2, 0.25) is 0 Å². The van der Waals surface area contributed by atoms with E-state index >= 15 is 0 Å². The van der Waals surface area contributed by atoms with Gasteiger partial charge in [0.1, 0.15) is 0 Å². The number of hydrogen-bond donors (Lipinski definition) is 0. The average molecular weight is 544 g/mol. The molecule has 0 radical (unpaired) electrons. The largest absolute Gasteiger partial charge is 0.316 e. The molecule has 0 aliphatic rings. The monoisotopic (exact) mass is 543 g/mol. The third kappa shape index (κ3) is 5.13. The third-order valence-electron chi connectivity index (χ3n) is 5.61. The van der Waals surface area contributed by atoms with E-state index in [-0.39, 0.29) is 15.4 Å². The quantitative estimate of drug-likeness (QED) is 0.349. The van der Waals surface area contributed by atoms with Crippen LogP contribution in [0, 0.1) is 0 Å². The molecule has 1 heterocycles.